The van der Waals surface area contributed by atoms with Crippen LogP contribution in [0.15, 0.2) is 63.9 Å². The third-order valence-corrected chi connectivity index (χ3v) is 2.92. The summed E-state index contributed by atoms with van der Waals surface area (Å²) in [6.07, 6.45) is 1.85. The average Bonchev–Trinajstić information content (AvgIpc) is 2.33. The molecule has 0 amide bonds. The maximum Gasteiger partial charge on any atom is 0.0428 e. The van der Waals surface area contributed by atoms with Crippen LogP contribution in [0.4, 0.5) is 0 Å². The van der Waals surface area contributed by atoms with Gasteiger partial charge in [0.05, 0.1) is 0 Å². The molecular weight excluding hydrogens is 238 g/mol. The van der Waals surface area contributed by atoms with Crippen LogP contribution in [0.1, 0.15) is 5.56 Å². The Morgan fingerprint density at radius 1 is 0.938 bits per heavy atom. The lowest BCUT2D eigenvalue weighted by molar-refractivity contribution is 1.46. The van der Waals surface area contributed by atoms with Crippen LogP contribution in [0.5, 0.6) is 0 Å². The molecule has 3 heteroatoms. The first-order valence-electron chi connectivity index (χ1n) is 4.85. The predicted octanol–water partition coefficient (Wildman–Crippen LogP) is 4.47. The fraction of sp³-hybridized carbons (Fsp3) is 0. The second kappa shape index (κ2) is 5.73. The van der Waals surface area contributed by atoms with Crippen molar-refractivity contribution in [2.45, 2.75) is 4.90 Å². The van der Waals surface area contributed by atoms with E-state index in [1.165, 1.54) is 11.9 Å². The Morgan fingerprint density at radius 3 is 2.31 bits per heavy atom. The number of nitrogens with zero attached hydrogens (tertiary/aromatic N) is 1. The highest BCUT2D eigenvalue weighted by atomic mass is 35.5. The van der Waals surface area contributed by atoms with Gasteiger partial charge in [-0.3, -0.25) is 0 Å². The molecule has 0 saturated heterocycles. The lowest BCUT2D eigenvalue weighted by Crippen LogP contribution is -1.76. The van der Waals surface area contributed by atoms with Crippen LogP contribution < -0.4 is 0 Å². The van der Waals surface area contributed by atoms with Crippen LogP contribution in [0.2, 0.25) is 5.02 Å². The smallest absolute Gasteiger partial charge is 0.0428 e. The molecule has 0 heterocycles. The number of hydrogen-bond donors (Lipinski definition) is 0. The molecule has 0 fully saturated rings. The van der Waals surface area contributed by atoms with Crippen LogP contribution in [-0.2, 0) is 0 Å². The van der Waals surface area contributed by atoms with Gasteiger partial charge in [0.15, 0.2) is 0 Å². The monoisotopic (exact) mass is 247 g/mol. The molecule has 2 aromatic carbocycles. The molecule has 0 saturated carbocycles. The normalized spacial score (nSPS) is 10.8. The highest BCUT2D eigenvalue weighted by Crippen LogP contribution is 2.20. The van der Waals surface area contributed by atoms with Gasteiger partial charge in [0.2, 0.25) is 0 Å². The molecule has 80 valence electrons. The molecule has 0 aromatic heterocycles. The van der Waals surface area contributed by atoms with Crippen molar-refractivity contribution in [1.82, 2.24) is 0 Å². The summed E-state index contributed by atoms with van der Waals surface area (Å²) in [5, 5.41) is 0.747. The second-order valence-electron chi connectivity index (χ2n) is 3.19. The van der Waals surface area contributed by atoms with Gasteiger partial charge in [-0.15, -0.1) is 0 Å². The molecular formula is C13H10ClNS. The molecule has 0 spiro atoms. The molecule has 0 unspecified atom stereocenters. The van der Waals surface area contributed by atoms with Gasteiger partial charge in [0, 0.05) is 28.1 Å². The maximum absolute atomic E-state index is 5.79. The van der Waals surface area contributed by atoms with Gasteiger partial charge in [0.1, 0.15) is 0 Å². The number of hydrogen-bond acceptors (Lipinski definition) is 2. The van der Waals surface area contributed by atoms with E-state index in [4.69, 9.17) is 11.6 Å². The SMILES string of the molecule is Clc1ccc(S/N=C/c2ccccc2)cc1. The molecule has 1 nitrogen and oxygen atoms in total. The van der Waals surface area contributed by atoms with Crippen molar-refractivity contribution >= 4 is 29.8 Å². The maximum atomic E-state index is 5.79. The van der Waals surface area contributed by atoms with Crippen molar-refractivity contribution in [3.63, 3.8) is 0 Å². The Kier molecular flexibility index (Phi) is 4.03. The van der Waals surface area contributed by atoms with Crippen LogP contribution in [0.3, 0.4) is 0 Å². The highest BCUT2D eigenvalue weighted by Gasteiger charge is 1.91. The van der Waals surface area contributed by atoms with E-state index >= 15 is 0 Å². The minimum atomic E-state index is 0.747. The summed E-state index contributed by atoms with van der Waals surface area (Å²) in [5.41, 5.74) is 1.10. The largest absolute Gasteiger partial charge is 0.219 e. The zero-order valence-corrected chi connectivity index (χ0v) is 10.1. The summed E-state index contributed by atoms with van der Waals surface area (Å²) < 4.78 is 4.29. The predicted molar refractivity (Wildman–Crippen MR) is 71.3 cm³/mol. The first-order valence-corrected chi connectivity index (χ1v) is 6.01. The standard InChI is InChI=1S/C13H10ClNS/c14-12-6-8-13(9-7-12)16-15-10-11-4-2-1-3-5-11/h1-10H/b15-10+. The van der Waals surface area contributed by atoms with Crippen molar-refractivity contribution in [3.8, 4) is 0 Å². The molecule has 0 bridgehead atoms. The van der Waals surface area contributed by atoms with E-state index in [2.05, 4.69) is 4.40 Å². The summed E-state index contributed by atoms with van der Waals surface area (Å²) in [4.78, 5) is 1.08. The van der Waals surface area contributed by atoms with Crippen LogP contribution >= 0.6 is 23.5 Å². The van der Waals surface area contributed by atoms with Gasteiger partial charge in [0.25, 0.3) is 0 Å². The lowest BCUT2D eigenvalue weighted by atomic mass is 10.2. The summed E-state index contributed by atoms with van der Waals surface area (Å²) in [6, 6.07) is 17.7. The van der Waals surface area contributed by atoms with Gasteiger partial charge in [-0.05, 0) is 29.8 Å². The molecule has 2 rings (SSSR count). The fourth-order valence-electron chi connectivity index (χ4n) is 1.18. The Bertz CT molecular complexity index is 465. The molecule has 0 aliphatic heterocycles. The summed E-state index contributed by atoms with van der Waals surface area (Å²) >= 11 is 7.23. The Balaban J connectivity index is 1.97. The van der Waals surface area contributed by atoms with E-state index in [1.807, 2.05) is 60.8 Å². The summed E-state index contributed by atoms with van der Waals surface area (Å²) in [6.45, 7) is 0. The molecule has 0 radical (unpaired) electrons. The summed E-state index contributed by atoms with van der Waals surface area (Å²) in [7, 11) is 0. The zero-order chi connectivity index (χ0) is 11.2. The molecule has 2 aromatic rings. The molecule has 16 heavy (non-hydrogen) atoms. The van der Waals surface area contributed by atoms with E-state index in [0.717, 1.165) is 15.5 Å². The fourth-order valence-corrected chi connectivity index (χ4v) is 1.86. The molecule has 0 aliphatic carbocycles. The number of benzene rings is 2. The van der Waals surface area contributed by atoms with Gasteiger partial charge >= 0.3 is 0 Å². The molecule has 0 atom stereocenters. The van der Waals surface area contributed by atoms with E-state index in [0.29, 0.717) is 0 Å². The van der Waals surface area contributed by atoms with Gasteiger partial charge in [-0.1, -0.05) is 41.9 Å². The highest BCUT2D eigenvalue weighted by molar-refractivity contribution is 7.98. The minimum absolute atomic E-state index is 0.747. The third-order valence-electron chi connectivity index (χ3n) is 1.97. The van der Waals surface area contributed by atoms with E-state index < -0.39 is 0 Å². The van der Waals surface area contributed by atoms with E-state index in [9.17, 15) is 0 Å². The molecule has 0 aliphatic rings. The third kappa shape index (κ3) is 3.40. The van der Waals surface area contributed by atoms with E-state index in [1.54, 1.807) is 0 Å². The Hall–Kier alpha value is -1.25. The molecule has 0 N–H and O–H groups in total. The zero-order valence-electron chi connectivity index (χ0n) is 8.51. The Morgan fingerprint density at radius 2 is 1.62 bits per heavy atom. The van der Waals surface area contributed by atoms with E-state index in [-0.39, 0.29) is 0 Å². The number of rotatable bonds is 3. The minimum Gasteiger partial charge on any atom is -0.219 e. The van der Waals surface area contributed by atoms with Crippen molar-refractivity contribution in [2.24, 2.45) is 4.40 Å². The van der Waals surface area contributed by atoms with Gasteiger partial charge in [-0.25, -0.2) is 4.40 Å². The first-order chi connectivity index (χ1) is 7.84. The van der Waals surface area contributed by atoms with Gasteiger partial charge in [-0.2, -0.15) is 0 Å². The van der Waals surface area contributed by atoms with Gasteiger partial charge < -0.3 is 0 Å². The second-order valence-corrected chi connectivity index (χ2v) is 4.49. The van der Waals surface area contributed by atoms with Crippen LogP contribution in [-0.4, -0.2) is 6.21 Å². The van der Waals surface area contributed by atoms with Crippen LogP contribution in [0.25, 0.3) is 0 Å². The Labute approximate surface area is 104 Å². The lowest BCUT2D eigenvalue weighted by Gasteiger charge is -1.95. The topological polar surface area (TPSA) is 12.4 Å². The van der Waals surface area contributed by atoms with Crippen molar-refractivity contribution in [2.75, 3.05) is 0 Å². The quantitative estimate of drug-likeness (QED) is 0.576. The first kappa shape index (κ1) is 11.2. The van der Waals surface area contributed by atoms with Crippen molar-refractivity contribution in [3.05, 3.63) is 65.2 Å². The summed E-state index contributed by atoms with van der Waals surface area (Å²) in [5.74, 6) is 0. The van der Waals surface area contributed by atoms with Crippen molar-refractivity contribution in [1.29, 1.82) is 0 Å². The van der Waals surface area contributed by atoms with Crippen LogP contribution in [0, 0.1) is 0 Å². The van der Waals surface area contributed by atoms with Crippen molar-refractivity contribution < 1.29 is 0 Å². The number of halogens is 1. The average molecular weight is 248 g/mol.